The van der Waals surface area contributed by atoms with E-state index in [9.17, 15) is 0 Å². The standard InChI is InChI=1S/C8H10N4O/c1-2-7(10-3-1)4-9-5-8-11-6-13-12-8/h1-3,6,9-10H,4-5H2. The van der Waals surface area contributed by atoms with Gasteiger partial charge in [0.25, 0.3) is 0 Å². The maximum atomic E-state index is 4.59. The van der Waals surface area contributed by atoms with Gasteiger partial charge in [-0.3, -0.25) is 0 Å². The summed E-state index contributed by atoms with van der Waals surface area (Å²) in [6, 6.07) is 3.98. The molecular formula is C8H10N4O. The van der Waals surface area contributed by atoms with Crippen molar-refractivity contribution in [1.82, 2.24) is 20.4 Å². The van der Waals surface area contributed by atoms with Crippen molar-refractivity contribution in [3.05, 3.63) is 36.2 Å². The Kier molecular flexibility index (Phi) is 2.38. The van der Waals surface area contributed by atoms with Crippen molar-refractivity contribution in [3.8, 4) is 0 Å². The van der Waals surface area contributed by atoms with Crippen LogP contribution in [-0.2, 0) is 13.1 Å². The molecule has 0 amide bonds. The van der Waals surface area contributed by atoms with E-state index in [1.165, 1.54) is 6.39 Å². The molecule has 0 unspecified atom stereocenters. The molecule has 0 saturated heterocycles. The number of rotatable bonds is 4. The second-order valence-corrected chi connectivity index (χ2v) is 2.65. The van der Waals surface area contributed by atoms with Crippen molar-refractivity contribution in [1.29, 1.82) is 0 Å². The normalized spacial score (nSPS) is 10.5. The Morgan fingerprint density at radius 3 is 3.15 bits per heavy atom. The molecular weight excluding hydrogens is 168 g/mol. The fourth-order valence-corrected chi connectivity index (χ4v) is 1.06. The van der Waals surface area contributed by atoms with Crippen molar-refractivity contribution in [2.24, 2.45) is 0 Å². The van der Waals surface area contributed by atoms with Crippen molar-refractivity contribution in [2.45, 2.75) is 13.1 Å². The molecule has 0 saturated carbocycles. The fourth-order valence-electron chi connectivity index (χ4n) is 1.06. The third kappa shape index (κ3) is 2.16. The Labute approximate surface area is 75.2 Å². The summed E-state index contributed by atoms with van der Waals surface area (Å²) in [5.74, 6) is 0.673. The van der Waals surface area contributed by atoms with E-state index in [1.54, 1.807) is 0 Å². The Hall–Kier alpha value is -1.62. The van der Waals surface area contributed by atoms with Gasteiger partial charge in [0.05, 0.1) is 6.54 Å². The van der Waals surface area contributed by atoms with E-state index in [0.29, 0.717) is 12.4 Å². The first kappa shape index (κ1) is 8.00. The third-order valence-corrected chi connectivity index (χ3v) is 1.67. The third-order valence-electron chi connectivity index (χ3n) is 1.67. The molecule has 5 heteroatoms. The zero-order valence-electron chi connectivity index (χ0n) is 7.03. The molecule has 68 valence electrons. The van der Waals surface area contributed by atoms with Crippen LogP contribution in [0.3, 0.4) is 0 Å². The lowest BCUT2D eigenvalue weighted by atomic mass is 10.4. The maximum absolute atomic E-state index is 4.59. The van der Waals surface area contributed by atoms with Crippen LogP contribution in [0.15, 0.2) is 29.2 Å². The summed E-state index contributed by atoms with van der Waals surface area (Å²) < 4.78 is 4.59. The van der Waals surface area contributed by atoms with Crippen LogP contribution in [0.1, 0.15) is 11.5 Å². The van der Waals surface area contributed by atoms with Gasteiger partial charge in [0.2, 0.25) is 6.39 Å². The molecule has 2 heterocycles. The molecule has 0 atom stereocenters. The summed E-state index contributed by atoms with van der Waals surface area (Å²) in [6.45, 7) is 1.40. The molecule has 13 heavy (non-hydrogen) atoms. The molecule has 0 aliphatic heterocycles. The first-order valence-electron chi connectivity index (χ1n) is 4.03. The first-order valence-corrected chi connectivity index (χ1v) is 4.03. The fraction of sp³-hybridized carbons (Fsp3) is 0.250. The van der Waals surface area contributed by atoms with E-state index in [1.807, 2.05) is 18.3 Å². The molecule has 0 fully saturated rings. The Morgan fingerprint density at radius 1 is 1.46 bits per heavy atom. The number of H-pyrrole nitrogens is 1. The predicted octanol–water partition coefficient (Wildman–Crippen LogP) is 0.688. The van der Waals surface area contributed by atoms with Crippen LogP contribution in [0.25, 0.3) is 0 Å². The molecule has 0 bridgehead atoms. The highest BCUT2D eigenvalue weighted by atomic mass is 16.5. The number of nitrogens with zero attached hydrogens (tertiary/aromatic N) is 2. The van der Waals surface area contributed by atoms with Crippen molar-refractivity contribution < 1.29 is 4.52 Å². The molecule has 5 nitrogen and oxygen atoms in total. The number of aromatic nitrogens is 3. The van der Waals surface area contributed by atoms with Crippen LogP contribution in [0.2, 0.25) is 0 Å². The van der Waals surface area contributed by atoms with Crippen LogP contribution < -0.4 is 5.32 Å². The molecule has 0 spiro atoms. The van der Waals surface area contributed by atoms with Crippen LogP contribution in [0, 0.1) is 0 Å². The molecule has 0 radical (unpaired) electrons. The Bertz CT molecular complexity index is 293. The van der Waals surface area contributed by atoms with Gasteiger partial charge in [0.1, 0.15) is 0 Å². The highest BCUT2D eigenvalue weighted by molar-refractivity contribution is 5.02. The minimum Gasteiger partial charge on any atom is -0.364 e. The van der Waals surface area contributed by atoms with Crippen LogP contribution >= 0.6 is 0 Å². The van der Waals surface area contributed by atoms with E-state index in [-0.39, 0.29) is 0 Å². The molecule has 0 aliphatic rings. The topological polar surface area (TPSA) is 66.7 Å². The molecule has 2 N–H and O–H groups in total. The summed E-state index contributed by atoms with van der Waals surface area (Å²) in [7, 11) is 0. The van der Waals surface area contributed by atoms with Gasteiger partial charge in [-0.15, -0.1) is 0 Å². The Balaban J connectivity index is 1.76. The van der Waals surface area contributed by atoms with Crippen molar-refractivity contribution >= 4 is 0 Å². The lowest BCUT2D eigenvalue weighted by Gasteiger charge is -1.97. The molecule has 2 aromatic heterocycles. The highest BCUT2D eigenvalue weighted by Gasteiger charge is 1.97. The number of hydrogen-bond acceptors (Lipinski definition) is 4. The van der Waals surface area contributed by atoms with Crippen molar-refractivity contribution in [3.63, 3.8) is 0 Å². The van der Waals surface area contributed by atoms with Gasteiger partial charge in [-0.05, 0) is 12.1 Å². The van der Waals surface area contributed by atoms with Gasteiger partial charge in [0.15, 0.2) is 5.82 Å². The van der Waals surface area contributed by atoms with Gasteiger partial charge in [-0.2, -0.15) is 4.98 Å². The smallest absolute Gasteiger partial charge is 0.213 e. The lowest BCUT2D eigenvalue weighted by molar-refractivity contribution is 0.407. The summed E-state index contributed by atoms with van der Waals surface area (Å²) in [5.41, 5.74) is 1.14. The average Bonchev–Trinajstić information content (AvgIpc) is 2.75. The molecule has 0 aliphatic carbocycles. The predicted molar refractivity (Wildman–Crippen MR) is 45.6 cm³/mol. The summed E-state index contributed by atoms with van der Waals surface area (Å²) >= 11 is 0. The van der Waals surface area contributed by atoms with Crippen LogP contribution in [-0.4, -0.2) is 15.1 Å². The molecule has 2 aromatic rings. The zero-order valence-corrected chi connectivity index (χ0v) is 7.03. The number of hydrogen-bond donors (Lipinski definition) is 2. The molecule has 2 rings (SSSR count). The number of aromatic amines is 1. The largest absolute Gasteiger partial charge is 0.364 e. The van der Waals surface area contributed by atoms with Crippen LogP contribution in [0.5, 0.6) is 0 Å². The van der Waals surface area contributed by atoms with Crippen LogP contribution in [0.4, 0.5) is 0 Å². The second kappa shape index (κ2) is 3.86. The van der Waals surface area contributed by atoms with E-state index >= 15 is 0 Å². The quantitative estimate of drug-likeness (QED) is 0.722. The van der Waals surface area contributed by atoms with E-state index < -0.39 is 0 Å². The highest BCUT2D eigenvalue weighted by Crippen LogP contribution is 1.94. The lowest BCUT2D eigenvalue weighted by Crippen LogP contribution is -2.13. The van der Waals surface area contributed by atoms with Gasteiger partial charge in [-0.25, -0.2) is 0 Å². The van der Waals surface area contributed by atoms with Gasteiger partial charge in [0, 0.05) is 18.4 Å². The average molecular weight is 178 g/mol. The Morgan fingerprint density at radius 2 is 2.46 bits per heavy atom. The summed E-state index contributed by atoms with van der Waals surface area (Å²) in [4.78, 5) is 6.98. The number of nitrogens with one attached hydrogen (secondary N) is 2. The van der Waals surface area contributed by atoms with Crippen molar-refractivity contribution in [2.75, 3.05) is 0 Å². The zero-order chi connectivity index (χ0) is 8.93. The van der Waals surface area contributed by atoms with E-state index in [4.69, 9.17) is 0 Å². The first-order chi connectivity index (χ1) is 6.45. The van der Waals surface area contributed by atoms with Gasteiger partial charge in [-0.1, -0.05) is 5.16 Å². The maximum Gasteiger partial charge on any atom is 0.213 e. The summed E-state index contributed by atoms with van der Waals surface area (Å²) in [6.07, 6.45) is 3.22. The molecule has 0 aromatic carbocycles. The van der Waals surface area contributed by atoms with E-state index in [0.717, 1.165) is 12.2 Å². The SMILES string of the molecule is c1c[nH]c(CNCc2ncon2)c1. The minimum atomic E-state index is 0.621. The summed E-state index contributed by atoms with van der Waals surface area (Å²) in [5, 5.41) is 6.85. The van der Waals surface area contributed by atoms with E-state index in [2.05, 4.69) is 25.0 Å². The minimum absolute atomic E-state index is 0.621. The van der Waals surface area contributed by atoms with Gasteiger partial charge >= 0.3 is 0 Å². The monoisotopic (exact) mass is 178 g/mol. The van der Waals surface area contributed by atoms with Gasteiger partial charge < -0.3 is 14.8 Å². The second-order valence-electron chi connectivity index (χ2n) is 2.65.